The molecule has 1 atom stereocenters. The van der Waals surface area contributed by atoms with Crippen LogP contribution in [-0.2, 0) is 0 Å². The summed E-state index contributed by atoms with van der Waals surface area (Å²) < 4.78 is 0. The second-order valence-electron chi connectivity index (χ2n) is 7.74. The van der Waals surface area contributed by atoms with E-state index in [1.807, 2.05) is 6.08 Å². The molecule has 28 heavy (non-hydrogen) atoms. The zero-order chi connectivity index (χ0) is 20.5. The van der Waals surface area contributed by atoms with Crippen LogP contribution >= 0.6 is 0 Å². The Morgan fingerprint density at radius 3 is 1.86 bits per heavy atom. The molecular formula is C26H28OSi. The second kappa shape index (κ2) is 9.95. The van der Waals surface area contributed by atoms with E-state index in [1.54, 1.807) is 25.2 Å². The molecule has 0 fully saturated rings. The van der Waals surface area contributed by atoms with E-state index in [0.29, 0.717) is 0 Å². The minimum absolute atomic E-state index is 0.000226. The Labute approximate surface area is 170 Å². The van der Waals surface area contributed by atoms with Gasteiger partial charge in [0.2, 0.25) is 8.07 Å². The molecule has 0 spiro atoms. The topological polar surface area (TPSA) is 20.2 Å². The van der Waals surface area contributed by atoms with Crippen molar-refractivity contribution in [2.45, 2.75) is 38.8 Å². The molecule has 0 radical (unpaired) electrons. The molecule has 0 aliphatic rings. The van der Waals surface area contributed by atoms with Gasteiger partial charge in [0.05, 0.1) is 6.10 Å². The molecule has 1 nitrogen and oxygen atoms in total. The van der Waals surface area contributed by atoms with Crippen molar-refractivity contribution >= 4 is 18.4 Å². The Bertz CT molecular complexity index is 885. The van der Waals surface area contributed by atoms with E-state index < -0.39 is 14.2 Å². The number of aliphatic hydroxyl groups excluding tert-OH is 1. The second-order valence-corrected chi connectivity index (χ2v) is 12.1. The number of hydrogen-bond donors (Lipinski definition) is 1. The van der Waals surface area contributed by atoms with Gasteiger partial charge in [0, 0.05) is 0 Å². The van der Waals surface area contributed by atoms with Crippen LogP contribution in [0.3, 0.4) is 0 Å². The lowest BCUT2D eigenvalue weighted by Crippen LogP contribution is -2.63. The smallest absolute Gasteiger partial charge is 0.205 e. The van der Waals surface area contributed by atoms with Gasteiger partial charge in [-0.15, -0.1) is 5.54 Å². The molecule has 0 aliphatic heterocycles. The van der Waals surface area contributed by atoms with E-state index in [-0.39, 0.29) is 5.04 Å². The summed E-state index contributed by atoms with van der Waals surface area (Å²) in [7, 11) is -2.37. The van der Waals surface area contributed by atoms with Crippen molar-refractivity contribution in [3.05, 3.63) is 85.0 Å². The van der Waals surface area contributed by atoms with Crippen molar-refractivity contribution < 1.29 is 5.11 Å². The summed E-state index contributed by atoms with van der Waals surface area (Å²) in [6.07, 6.45) is 6.59. The van der Waals surface area contributed by atoms with Gasteiger partial charge < -0.3 is 5.11 Å². The minimum Gasteiger partial charge on any atom is -0.389 e. The quantitative estimate of drug-likeness (QED) is 0.478. The monoisotopic (exact) mass is 384 g/mol. The van der Waals surface area contributed by atoms with Crippen LogP contribution in [0.2, 0.25) is 5.04 Å². The van der Waals surface area contributed by atoms with Crippen molar-refractivity contribution in [1.82, 2.24) is 0 Å². The molecule has 0 saturated heterocycles. The fourth-order valence-corrected chi connectivity index (χ4v) is 7.64. The molecule has 2 heteroatoms. The van der Waals surface area contributed by atoms with Gasteiger partial charge in [-0.25, -0.2) is 0 Å². The van der Waals surface area contributed by atoms with Gasteiger partial charge in [-0.1, -0.05) is 106 Å². The molecule has 2 rings (SSSR count). The number of benzene rings is 2. The first-order valence-electron chi connectivity index (χ1n) is 9.53. The lowest BCUT2D eigenvalue weighted by molar-refractivity contribution is 0.244. The predicted octanol–water partition coefficient (Wildman–Crippen LogP) is 4.09. The summed E-state index contributed by atoms with van der Waals surface area (Å²) in [6.45, 7) is 8.55. The molecule has 0 bridgehead atoms. The zero-order valence-corrected chi connectivity index (χ0v) is 18.1. The summed E-state index contributed by atoms with van der Waals surface area (Å²) in [4.78, 5) is 0. The normalized spacial score (nSPS) is 12.9. The van der Waals surface area contributed by atoms with Gasteiger partial charge in [-0.05, 0) is 40.3 Å². The Morgan fingerprint density at radius 1 is 0.857 bits per heavy atom. The van der Waals surface area contributed by atoms with Gasteiger partial charge in [0.1, 0.15) is 0 Å². The van der Waals surface area contributed by atoms with Crippen LogP contribution in [0, 0.1) is 23.3 Å². The summed E-state index contributed by atoms with van der Waals surface area (Å²) in [5, 5.41) is 11.8. The predicted molar refractivity (Wildman–Crippen MR) is 123 cm³/mol. The van der Waals surface area contributed by atoms with E-state index >= 15 is 0 Å². The zero-order valence-electron chi connectivity index (χ0n) is 17.1. The third-order valence-electron chi connectivity index (χ3n) is 4.60. The summed E-state index contributed by atoms with van der Waals surface area (Å²) in [6, 6.07) is 21.3. The number of allylic oxidation sites excluding steroid dienone is 3. The maximum atomic E-state index is 9.20. The largest absolute Gasteiger partial charge is 0.389 e. The van der Waals surface area contributed by atoms with Crippen LogP contribution < -0.4 is 10.4 Å². The van der Waals surface area contributed by atoms with Crippen molar-refractivity contribution in [1.29, 1.82) is 0 Å². The molecule has 2 aromatic carbocycles. The number of aliphatic hydroxyl groups is 1. The van der Waals surface area contributed by atoms with Gasteiger partial charge in [0.15, 0.2) is 0 Å². The molecule has 1 N–H and O–H groups in total. The average Bonchev–Trinajstić information content (AvgIpc) is 2.67. The van der Waals surface area contributed by atoms with Gasteiger partial charge in [-0.2, -0.15) is 0 Å². The minimum atomic E-state index is -2.37. The first-order chi connectivity index (χ1) is 13.4. The molecule has 2 aromatic rings. The molecule has 0 heterocycles. The van der Waals surface area contributed by atoms with Gasteiger partial charge in [0.25, 0.3) is 0 Å². The highest BCUT2D eigenvalue weighted by Crippen LogP contribution is 2.35. The number of hydrogen-bond acceptors (Lipinski definition) is 1. The fraction of sp³-hybridized carbons (Fsp3) is 0.231. The maximum Gasteiger partial charge on any atom is 0.205 e. The van der Waals surface area contributed by atoms with E-state index in [4.69, 9.17) is 0 Å². The third-order valence-corrected chi connectivity index (χ3v) is 9.75. The van der Waals surface area contributed by atoms with E-state index in [0.717, 1.165) is 0 Å². The Hall–Kier alpha value is -2.78. The first-order valence-corrected chi connectivity index (χ1v) is 11.5. The van der Waals surface area contributed by atoms with Crippen LogP contribution in [0.25, 0.3) is 0 Å². The third kappa shape index (κ3) is 5.36. The molecule has 0 aromatic heterocycles. The Morgan fingerprint density at radius 2 is 1.39 bits per heavy atom. The van der Waals surface area contributed by atoms with Crippen molar-refractivity contribution in [3.63, 3.8) is 0 Å². The van der Waals surface area contributed by atoms with Crippen molar-refractivity contribution in [2.75, 3.05) is 0 Å². The lowest BCUT2D eigenvalue weighted by atomic mass is 10.2. The van der Waals surface area contributed by atoms with Crippen LogP contribution in [0.1, 0.15) is 27.7 Å². The highest BCUT2D eigenvalue weighted by Gasteiger charge is 2.46. The fourth-order valence-electron chi connectivity index (χ4n) is 3.27. The molecule has 0 aliphatic carbocycles. The Balaban J connectivity index is 2.50. The molecule has 1 unspecified atom stereocenters. The van der Waals surface area contributed by atoms with Crippen LogP contribution in [-0.4, -0.2) is 19.3 Å². The van der Waals surface area contributed by atoms with E-state index in [9.17, 15) is 5.11 Å². The van der Waals surface area contributed by atoms with Crippen molar-refractivity contribution in [2.24, 2.45) is 0 Å². The average molecular weight is 385 g/mol. The van der Waals surface area contributed by atoms with E-state index in [2.05, 4.69) is 105 Å². The SMILES string of the molecule is CC(O)/C=C/C=C/C#CC#C[Si](c1ccccc1)(c1ccccc1)C(C)(C)C. The summed E-state index contributed by atoms with van der Waals surface area (Å²) in [5.41, 5.74) is 3.64. The number of rotatable bonds is 4. The van der Waals surface area contributed by atoms with Gasteiger partial charge in [-0.3, -0.25) is 0 Å². The first kappa shape index (κ1) is 21.5. The van der Waals surface area contributed by atoms with Gasteiger partial charge >= 0.3 is 0 Å². The van der Waals surface area contributed by atoms with Crippen molar-refractivity contribution in [3.8, 4) is 23.3 Å². The van der Waals surface area contributed by atoms with Crippen LogP contribution in [0.15, 0.2) is 85.0 Å². The lowest BCUT2D eigenvalue weighted by Gasteiger charge is -2.39. The Kier molecular flexibility index (Phi) is 7.65. The molecule has 0 amide bonds. The standard InChI is InChI=1S/C26H28OSi/c1-23(27)17-11-7-5-6-8-16-22-28(26(2,3)4,24-18-12-9-13-19-24)25-20-14-10-15-21-25/h5,7,9-15,17-21,23,27H,1-4H3/b7-5+,17-11+. The molecule has 0 saturated carbocycles. The van der Waals surface area contributed by atoms with E-state index in [1.165, 1.54) is 10.4 Å². The molecule has 142 valence electrons. The maximum absolute atomic E-state index is 9.20. The summed E-state index contributed by atoms with van der Waals surface area (Å²) in [5.74, 6) is 9.11. The highest BCUT2D eigenvalue weighted by atomic mass is 28.3. The summed E-state index contributed by atoms with van der Waals surface area (Å²) >= 11 is 0. The highest BCUT2D eigenvalue weighted by molar-refractivity contribution is 7.10. The molecular weight excluding hydrogens is 356 g/mol. The van der Waals surface area contributed by atoms with Crippen LogP contribution in [0.4, 0.5) is 0 Å². The van der Waals surface area contributed by atoms with Crippen LogP contribution in [0.5, 0.6) is 0 Å².